The quantitative estimate of drug-likeness (QED) is 0.796. The molecular weight excluding hydrogens is 222 g/mol. The first kappa shape index (κ1) is 13.1. The molecule has 1 atom stereocenters. The van der Waals surface area contributed by atoms with Gasteiger partial charge in [0.05, 0.1) is 7.11 Å². The Hall–Kier alpha value is -1.00. The number of nitrogens with two attached hydrogens (primary N) is 1. The van der Waals surface area contributed by atoms with Crippen molar-refractivity contribution in [1.82, 2.24) is 0 Å². The van der Waals surface area contributed by atoms with Crippen LogP contribution in [0.4, 0.5) is 0 Å². The third-order valence-electron chi connectivity index (χ3n) is 2.54. The van der Waals surface area contributed by atoms with E-state index >= 15 is 0 Å². The van der Waals surface area contributed by atoms with Gasteiger partial charge in [-0.3, -0.25) is 0 Å². The van der Waals surface area contributed by atoms with Crippen molar-refractivity contribution in [3.05, 3.63) is 35.9 Å². The number of thioether (sulfide) groups is 1. The average molecular weight is 239 g/mol. The zero-order valence-electron chi connectivity index (χ0n) is 9.60. The van der Waals surface area contributed by atoms with Crippen molar-refractivity contribution in [3.63, 3.8) is 0 Å². The second kappa shape index (κ2) is 5.92. The summed E-state index contributed by atoms with van der Waals surface area (Å²) in [6, 6.07) is 9.36. The number of benzene rings is 1. The highest BCUT2D eigenvalue weighted by Gasteiger charge is 2.36. The Kier molecular flexibility index (Phi) is 4.83. The predicted molar refractivity (Wildman–Crippen MR) is 67.3 cm³/mol. The second-order valence-electron chi connectivity index (χ2n) is 3.57. The summed E-state index contributed by atoms with van der Waals surface area (Å²) in [7, 11) is 1.37. The number of hydrogen-bond acceptors (Lipinski definition) is 4. The van der Waals surface area contributed by atoms with E-state index in [-0.39, 0.29) is 5.97 Å². The first-order valence-corrected chi connectivity index (χ1v) is 6.46. The van der Waals surface area contributed by atoms with Crippen LogP contribution in [0.3, 0.4) is 0 Å². The number of carbonyl (C=O) groups excluding carboxylic acids is 1. The van der Waals surface area contributed by atoms with Crippen LogP contribution in [0.1, 0.15) is 12.0 Å². The van der Waals surface area contributed by atoms with Gasteiger partial charge >= 0.3 is 5.97 Å². The standard InChI is InChI=1S/C12H17NO2S/c1-15-11(14)12(13,8-9-16-2)10-6-4-3-5-7-10/h3-7H,8-9,13H2,1-2H3. The molecule has 0 radical (unpaired) electrons. The molecule has 16 heavy (non-hydrogen) atoms. The number of rotatable bonds is 5. The minimum absolute atomic E-state index is 0.382. The largest absolute Gasteiger partial charge is 0.467 e. The van der Waals surface area contributed by atoms with Crippen LogP contribution in [0.2, 0.25) is 0 Å². The lowest BCUT2D eigenvalue weighted by Gasteiger charge is -2.26. The molecule has 1 aromatic rings. The summed E-state index contributed by atoms with van der Waals surface area (Å²) in [6.45, 7) is 0. The Morgan fingerprint density at radius 3 is 2.56 bits per heavy atom. The maximum Gasteiger partial charge on any atom is 0.330 e. The van der Waals surface area contributed by atoms with Crippen molar-refractivity contribution < 1.29 is 9.53 Å². The summed E-state index contributed by atoms with van der Waals surface area (Å²) in [6.07, 6.45) is 2.56. The second-order valence-corrected chi connectivity index (χ2v) is 4.56. The molecule has 1 aromatic carbocycles. The first-order valence-electron chi connectivity index (χ1n) is 5.07. The van der Waals surface area contributed by atoms with Gasteiger partial charge in [-0.15, -0.1) is 0 Å². The molecule has 0 aliphatic carbocycles. The van der Waals surface area contributed by atoms with E-state index in [4.69, 9.17) is 10.5 Å². The van der Waals surface area contributed by atoms with Gasteiger partial charge in [-0.25, -0.2) is 4.79 Å². The number of carbonyl (C=O) groups is 1. The molecule has 88 valence electrons. The first-order chi connectivity index (χ1) is 7.65. The lowest BCUT2D eigenvalue weighted by Crippen LogP contribution is -2.46. The van der Waals surface area contributed by atoms with Crippen LogP contribution in [0.25, 0.3) is 0 Å². The summed E-state index contributed by atoms with van der Waals surface area (Å²) < 4.78 is 4.79. The molecule has 0 saturated heterocycles. The lowest BCUT2D eigenvalue weighted by molar-refractivity contribution is -0.147. The molecule has 0 aromatic heterocycles. The van der Waals surface area contributed by atoms with Gasteiger partial charge in [0.15, 0.2) is 0 Å². The summed E-state index contributed by atoms with van der Waals surface area (Å²) in [5, 5.41) is 0. The summed E-state index contributed by atoms with van der Waals surface area (Å²) >= 11 is 1.66. The van der Waals surface area contributed by atoms with E-state index in [1.165, 1.54) is 7.11 Å². The van der Waals surface area contributed by atoms with E-state index in [0.29, 0.717) is 6.42 Å². The Bertz CT molecular complexity index is 342. The molecule has 0 aliphatic heterocycles. The molecule has 1 unspecified atom stereocenters. The fraction of sp³-hybridized carbons (Fsp3) is 0.417. The maximum absolute atomic E-state index is 11.8. The lowest BCUT2D eigenvalue weighted by atomic mass is 9.88. The highest BCUT2D eigenvalue weighted by atomic mass is 32.2. The highest BCUT2D eigenvalue weighted by Crippen LogP contribution is 2.25. The van der Waals surface area contributed by atoms with Crippen LogP contribution in [0.5, 0.6) is 0 Å². The Balaban J connectivity index is 2.99. The van der Waals surface area contributed by atoms with Crippen LogP contribution >= 0.6 is 11.8 Å². The van der Waals surface area contributed by atoms with Crippen LogP contribution in [-0.4, -0.2) is 25.1 Å². The van der Waals surface area contributed by atoms with Crippen molar-refractivity contribution in [3.8, 4) is 0 Å². The zero-order valence-corrected chi connectivity index (χ0v) is 10.4. The topological polar surface area (TPSA) is 52.3 Å². The average Bonchev–Trinajstić information content (AvgIpc) is 2.36. The molecule has 0 saturated carbocycles. The Morgan fingerprint density at radius 2 is 2.06 bits per heavy atom. The van der Waals surface area contributed by atoms with Gasteiger partial charge in [0.25, 0.3) is 0 Å². The molecule has 0 aliphatic rings. The molecule has 0 amide bonds. The van der Waals surface area contributed by atoms with Gasteiger partial charge in [-0.1, -0.05) is 30.3 Å². The molecule has 0 fully saturated rings. The Labute approximate surface area is 100 Å². The molecule has 2 N–H and O–H groups in total. The van der Waals surface area contributed by atoms with Gasteiger partial charge in [0.2, 0.25) is 0 Å². The van der Waals surface area contributed by atoms with Crippen LogP contribution < -0.4 is 5.73 Å². The molecule has 0 heterocycles. The molecule has 3 nitrogen and oxygen atoms in total. The highest BCUT2D eigenvalue weighted by molar-refractivity contribution is 7.98. The van der Waals surface area contributed by atoms with E-state index in [1.54, 1.807) is 11.8 Å². The van der Waals surface area contributed by atoms with Crippen LogP contribution in [0, 0.1) is 0 Å². The smallest absolute Gasteiger partial charge is 0.330 e. The molecule has 0 spiro atoms. The van der Waals surface area contributed by atoms with E-state index in [2.05, 4.69) is 0 Å². The third-order valence-corrected chi connectivity index (χ3v) is 3.15. The molecule has 4 heteroatoms. The minimum atomic E-state index is -1.03. The fourth-order valence-electron chi connectivity index (χ4n) is 1.54. The zero-order chi connectivity index (χ0) is 12.0. The van der Waals surface area contributed by atoms with Gasteiger partial charge < -0.3 is 10.5 Å². The van der Waals surface area contributed by atoms with Crippen molar-refractivity contribution >= 4 is 17.7 Å². The van der Waals surface area contributed by atoms with Crippen molar-refractivity contribution in [2.75, 3.05) is 19.1 Å². The van der Waals surface area contributed by atoms with Crippen LogP contribution in [-0.2, 0) is 15.1 Å². The third kappa shape index (κ3) is 2.77. The van der Waals surface area contributed by atoms with E-state index in [9.17, 15) is 4.79 Å². The SMILES string of the molecule is COC(=O)C(N)(CCSC)c1ccccc1. The van der Waals surface area contributed by atoms with Gasteiger partial charge in [0.1, 0.15) is 5.54 Å². The maximum atomic E-state index is 11.8. The van der Waals surface area contributed by atoms with Gasteiger partial charge in [-0.05, 0) is 24.0 Å². The number of ether oxygens (including phenoxy) is 1. The number of methoxy groups -OCH3 is 1. The Morgan fingerprint density at radius 1 is 1.44 bits per heavy atom. The molecular formula is C12H17NO2S. The number of esters is 1. The minimum Gasteiger partial charge on any atom is -0.467 e. The van der Waals surface area contributed by atoms with E-state index < -0.39 is 5.54 Å². The predicted octanol–water partition coefficient (Wildman–Crippen LogP) is 1.77. The van der Waals surface area contributed by atoms with E-state index in [0.717, 1.165) is 11.3 Å². The van der Waals surface area contributed by atoms with Crippen molar-refractivity contribution in [1.29, 1.82) is 0 Å². The normalized spacial score (nSPS) is 14.2. The summed E-state index contributed by atoms with van der Waals surface area (Å²) in [5.41, 5.74) is 5.94. The van der Waals surface area contributed by atoms with Gasteiger partial charge in [-0.2, -0.15) is 11.8 Å². The summed E-state index contributed by atoms with van der Waals surface area (Å²) in [4.78, 5) is 11.8. The molecule has 0 bridgehead atoms. The monoisotopic (exact) mass is 239 g/mol. The van der Waals surface area contributed by atoms with Gasteiger partial charge in [0, 0.05) is 0 Å². The number of hydrogen-bond donors (Lipinski definition) is 1. The fourth-order valence-corrected chi connectivity index (χ4v) is 2.07. The van der Waals surface area contributed by atoms with E-state index in [1.807, 2.05) is 36.6 Å². The summed E-state index contributed by atoms with van der Waals surface area (Å²) in [5.74, 6) is 0.438. The molecule has 1 rings (SSSR count). The van der Waals surface area contributed by atoms with Crippen molar-refractivity contribution in [2.24, 2.45) is 5.73 Å². The van der Waals surface area contributed by atoms with Crippen molar-refractivity contribution in [2.45, 2.75) is 12.0 Å². The van der Waals surface area contributed by atoms with Crippen LogP contribution in [0.15, 0.2) is 30.3 Å².